The molecule has 12 aromatic heterocycles. The van der Waals surface area contributed by atoms with E-state index in [0.29, 0.717) is 23.1 Å². The van der Waals surface area contributed by atoms with Crippen LogP contribution in [0.3, 0.4) is 0 Å². The van der Waals surface area contributed by atoms with Crippen molar-refractivity contribution >= 4 is 23.1 Å². The third kappa shape index (κ3) is 15.9. The third-order valence-electron chi connectivity index (χ3n) is 30.8. The monoisotopic (exact) mass is 1850 g/mol. The molecule has 1 N–H and O–H groups in total. The van der Waals surface area contributed by atoms with Gasteiger partial charge in [0.1, 0.15) is 29.5 Å². The number of hydrogen-bond acceptors (Lipinski definition) is 17. The number of carbonyl (C=O) groups is 4. The zero-order valence-electron chi connectivity index (χ0n) is 79.2. The molecule has 14 aromatic rings. The Hall–Kier alpha value is -16.0. The molecular formula is C114H101FN20O5. The smallest absolute Gasteiger partial charge is 0.226 e. The van der Waals surface area contributed by atoms with E-state index in [-0.39, 0.29) is 99.9 Å². The molecule has 1 saturated carbocycles. The first-order chi connectivity index (χ1) is 67.8. The highest BCUT2D eigenvalue weighted by Gasteiger charge is 2.56. The molecule has 140 heavy (non-hydrogen) atoms. The van der Waals surface area contributed by atoms with Gasteiger partial charge in [-0.3, -0.25) is 19.9 Å². The van der Waals surface area contributed by atoms with Crippen molar-refractivity contribution in [3.05, 3.63) is 379 Å². The fourth-order valence-corrected chi connectivity index (χ4v) is 23.6. The zero-order valence-corrected chi connectivity index (χ0v) is 79.2. The Labute approximate surface area is 811 Å². The number of aliphatic hydroxyl groups is 1. The van der Waals surface area contributed by atoms with E-state index in [1.807, 2.05) is 254 Å². The number of Topliss-reactive ketones (excluding diaryl/α,β-unsaturated/α-hetero) is 4. The van der Waals surface area contributed by atoms with Crippen molar-refractivity contribution in [3.63, 3.8) is 0 Å². The van der Waals surface area contributed by atoms with Crippen molar-refractivity contribution in [1.29, 1.82) is 0 Å². The molecule has 0 radical (unpaired) electrons. The summed E-state index contributed by atoms with van der Waals surface area (Å²) < 4.78 is 20.8. The summed E-state index contributed by atoms with van der Waals surface area (Å²) in [5.74, 6) is 2.57. The number of rotatable bonds is 13. The van der Waals surface area contributed by atoms with Gasteiger partial charge >= 0.3 is 0 Å². The molecular weight excluding hydrogens is 1750 g/mol. The van der Waals surface area contributed by atoms with E-state index in [0.717, 1.165) is 187 Å². The maximum absolute atomic E-state index is 13.2. The van der Waals surface area contributed by atoms with Crippen molar-refractivity contribution in [3.8, 4) is 91.1 Å². The Morgan fingerprint density at radius 1 is 0.357 bits per heavy atom. The molecule has 0 bridgehead atoms. The highest BCUT2D eigenvalue weighted by Crippen LogP contribution is 2.58. The quantitative estimate of drug-likeness (QED) is 0.105. The number of pyridine rings is 8. The van der Waals surface area contributed by atoms with E-state index >= 15 is 0 Å². The average molecular weight is 1850 g/mol. The molecule has 9 aliphatic carbocycles. The van der Waals surface area contributed by atoms with Gasteiger partial charge in [0.15, 0.2) is 46.4 Å². The maximum atomic E-state index is 13.2. The van der Waals surface area contributed by atoms with Crippen LogP contribution in [0, 0.1) is 80.6 Å². The van der Waals surface area contributed by atoms with E-state index in [4.69, 9.17) is 61.6 Å². The van der Waals surface area contributed by atoms with Gasteiger partial charge in [-0.2, -0.15) is 20.4 Å². The van der Waals surface area contributed by atoms with Gasteiger partial charge in [0.05, 0.1) is 78.4 Å². The largest absolute Gasteiger partial charge is 0.392 e. The van der Waals surface area contributed by atoms with Crippen molar-refractivity contribution < 1.29 is 28.7 Å². The molecule has 23 rings (SSSR count). The van der Waals surface area contributed by atoms with E-state index in [1.165, 1.54) is 18.4 Å². The van der Waals surface area contributed by atoms with E-state index < -0.39 is 28.3 Å². The highest BCUT2D eigenvalue weighted by atomic mass is 19.1. The van der Waals surface area contributed by atoms with Crippen LogP contribution in [0.15, 0.2) is 267 Å². The Kier molecular flexibility index (Phi) is 24.1. The summed E-state index contributed by atoms with van der Waals surface area (Å²) in [6, 6.07) is 54.4. The number of aryl methyl sites for hydroxylation is 1. The number of aromatic nitrogens is 16. The van der Waals surface area contributed by atoms with Crippen LogP contribution in [0.25, 0.3) is 110 Å². The lowest BCUT2D eigenvalue weighted by atomic mass is 9.58. The minimum absolute atomic E-state index is 0.0180. The van der Waals surface area contributed by atoms with Crippen LogP contribution in [0.4, 0.5) is 4.39 Å². The summed E-state index contributed by atoms with van der Waals surface area (Å²) in [5, 5.41) is 29.7. The minimum atomic E-state index is -0.573. The van der Waals surface area contributed by atoms with Crippen LogP contribution in [0.2, 0.25) is 0 Å². The Morgan fingerprint density at radius 3 is 0.929 bits per heavy atom. The molecule has 2 aromatic carbocycles. The van der Waals surface area contributed by atoms with Gasteiger partial charge in [0, 0.05) is 128 Å². The number of carbonyl (C=O) groups excluding carboxylic acids is 4. The third-order valence-corrected chi connectivity index (χ3v) is 30.8. The zero-order chi connectivity index (χ0) is 97.4. The van der Waals surface area contributed by atoms with Gasteiger partial charge < -0.3 is 24.3 Å². The topological polar surface area (TPSA) is 280 Å². The number of alkyl halides is 1. The van der Waals surface area contributed by atoms with Crippen LogP contribution in [-0.2, 0) is 79.8 Å². The first-order valence-electron chi connectivity index (χ1n) is 47.7. The number of fused-ring (bicyclic) bond motifs is 12. The molecule has 0 amide bonds. The second-order valence-corrected chi connectivity index (χ2v) is 39.0. The number of halogens is 1. The average Bonchev–Trinajstić information content (AvgIpc) is 1.54. The van der Waals surface area contributed by atoms with Crippen molar-refractivity contribution in [1.82, 2.24) is 79.0 Å². The molecule has 12 atom stereocenters. The molecule has 9 aliphatic rings. The fourth-order valence-electron chi connectivity index (χ4n) is 23.6. The molecule has 694 valence electrons. The molecule has 26 heteroatoms. The van der Waals surface area contributed by atoms with Gasteiger partial charge in [-0.15, -0.1) is 0 Å². The number of nitrogens with zero attached hydrogens (tertiary/aromatic N) is 20. The maximum Gasteiger partial charge on any atom is 0.226 e. The Balaban J connectivity index is 0.000000115. The lowest BCUT2D eigenvalue weighted by Gasteiger charge is -2.45. The van der Waals surface area contributed by atoms with Crippen LogP contribution in [-0.4, -0.2) is 107 Å². The molecule has 0 spiro atoms. The lowest BCUT2D eigenvalue weighted by Crippen LogP contribution is -2.46. The first-order valence-corrected chi connectivity index (χ1v) is 47.7. The second kappa shape index (κ2) is 36.8. The normalized spacial score (nSPS) is 23.7. The SMILES string of the molecule is [C-]#[N+]C1=C[C@@]2(C)c3c(c(-c4ccccn4)nn3-c3ccc(-c4cccc(CF)c4)cn3)CC[C@@H]2[C@@H](C)C1=O.[C-]#[N+]C1=C[C@@]2(C)c3c(c(-c4ccccn4)nn3-c3ccc(-c4cccc(CO)c4)cn3)CC[C@@H]2[C@@H](C)C1=O.[C-]#[N+]C1=C[C@@]2(C)c3c(c(-c4ccccn4)nn3-c3ccc(C)cn3)CC[C@@H]2[C@@H](C)C1=O.[C-]#[N+]C1=C[C@@]2(C)c3c(c(-c4ccccn4)nn3-c3ccc(C4CC4)cn3)CC[C@@H]2[C@@H](C)C1=O. The van der Waals surface area contributed by atoms with Crippen LogP contribution in [0.1, 0.15) is 167 Å². The lowest BCUT2D eigenvalue weighted by molar-refractivity contribution is -0.122. The summed E-state index contributed by atoms with van der Waals surface area (Å²) in [5.41, 5.74) is 21.2. The number of aliphatic hydroxyl groups excluding tert-OH is 1. The Bertz CT molecular complexity index is 7360. The molecule has 25 nitrogen and oxygen atoms in total. The first kappa shape index (κ1) is 91.7. The van der Waals surface area contributed by atoms with Crippen LogP contribution >= 0.6 is 0 Å². The van der Waals surface area contributed by atoms with Crippen molar-refractivity contribution in [2.45, 2.75) is 167 Å². The standard InChI is InChI=1S/C31H26FN5O.C31H27N5O2.C27H25N5O.C25H23N5O/c1-19-24-12-11-23-28(25-9-4-5-14-34-25)36-37(30(23)31(24,2)16-26(33-3)29(19)38)27-13-10-22(18-35-27)21-8-6-7-20(15-21)17-32;1-19-24-12-11-23-28(25-9-4-5-14-33-25)35-36(30(23)31(24,2)16-26(32-3)29(19)38)27-13-10-22(17-34-27)21-8-6-7-20(15-21)18-37;1-16-20-11-10-19-24(21-6-4-5-13-29-21)31-32(23-12-9-18(15-30-23)17-7-8-17)26(19)27(20,2)14-22(28-3)25(16)33;1-15-8-11-21(28-14-15)30-24-17(22(29-30)19-7-5-6-12-27-19)9-10-18-16(2)23(31)20(26-4)13-25(18,24)3/h4-10,13-16,18-19,24H,11-12,17H2,1-2H3;4-10,13-17,19,24,37H,11-12,18H2,1-2H3;4-6,9,12-17,20H,7-8,10-11H2,1-2H3;5-8,11-14,16,18H,9-10H2,1-3H3/t2*19-,24-,31-;16-,20-,27-;16-,18-,25-/m1111/s1. The number of allylic oxidation sites excluding steroid dienone is 8. The van der Waals surface area contributed by atoms with Crippen molar-refractivity contribution in [2.24, 2.45) is 47.3 Å². The molecule has 0 unspecified atom stereocenters. The highest BCUT2D eigenvalue weighted by molar-refractivity contribution is 6.03. The number of benzene rings is 2. The van der Waals surface area contributed by atoms with E-state index in [9.17, 15) is 28.7 Å². The van der Waals surface area contributed by atoms with Crippen LogP contribution in [0.5, 0.6) is 0 Å². The molecule has 0 saturated heterocycles. The predicted octanol–water partition coefficient (Wildman–Crippen LogP) is 21.2. The van der Waals surface area contributed by atoms with Gasteiger partial charge in [0.2, 0.25) is 22.8 Å². The molecule has 1 fully saturated rings. The van der Waals surface area contributed by atoms with E-state index in [2.05, 4.69) is 78.1 Å². The second-order valence-electron chi connectivity index (χ2n) is 39.0. The summed E-state index contributed by atoms with van der Waals surface area (Å²) in [7, 11) is 0. The molecule has 0 aliphatic heterocycles. The summed E-state index contributed by atoms with van der Waals surface area (Å²) >= 11 is 0. The van der Waals surface area contributed by atoms with Gasteiger partial charge in [0.25, 0.3) is 0 Å². The van der Waals surface area contributed by atoms with Gasteiger partial charge in [-0.05, 0) is 231 Å². The summed E-state index contributed by atoms with van der Waals surface area (Å²) in [4.78, 5) is 103. The fraction of sp³-hybridized carbons (Fsp3) is 0.298. The summed E-state index contributed by atoms with van der Waals surface area (Å²) in [6.07, 6.45) is 31.0. The van der Waals surface area contributed by atoms with E-state index in [1.54, 1.807) is 37.1 Å². The van der Waals surface area contributed by atoms with Gasteiger partial charge in [-0.25, -0.2) is 62.4 Å². The van der Waals surface area contributed by atoms with Crippen molar-refractivity contribution in [2.75, 3.05) is 0 Å². The molecule has 12 heterocycles. The minimum Gasteiger partial charge on any atom is -0.392 e. The number of hydrogen-bond donors (Lipinski definition) is 1. The van der Waals surface area contributed by atoms with Crippen LogP contribution < -0.4 is 0 Å². The van der Waals surface area contributed by atoms with Gasteiger partial charge in [-0.1, -0.05) is 152 Å². The predicted molar refractivity (Wildman–Crippen MR) is 529 cm³/mol. The Morgan fingerprint density at radius 2 is 0.664 bits per heavy atom. The summed E-state index contributed by atoms with van der Waals surface area (Å²) in [6.45, 7) is 48.3. The number of ketones is 4.